The average Bonchev–Trinajstić information content (AvgIpc) is 2.31. The fourth-order valence-corrected chi connectivity index (χ4v) is 2.20. The van der Waals surface area contributed by atoms with Crippen LogP contribution in [-0.4, -0.2) is 58.0 Å². The number of likely N-dealkylation sites (N-methyl/N-ethyl adjacent to an activating group) is 2. The predicted molar refractivity (Wildman–Crippen MR) is 73.9 cm³/mol. The molecule has 0 aromatic rings. The molecule has 0 fully saturated rings. The van der Waals surface area contributed by atoms with E-state index in [9.17, 15) is 9.59 Å². The number of carbonyl (C=O) groups is 2. The Balaban J connectivity index is 4.73. The smallest absolute Gasteiger partial charge is 0.246 e. The maximum atomic E-state index is 12.0. The van der Waals surface area contributed by atoms with Crippen molar-refractivity contribution in [1.82, 2.24) is 9.80 Å². The van der Waals surface area contributed by atoms with Gasteiger partial charge >= 0.3 is 0 Å². The third kappa shape index (κ3) is 4.73. The Morgan fingerprint density at radius 3 is 1.71 bits per heavy atom. The molecule has 17 heavy (non-hydrogen) atoms. The van der Waals surface area contributed by atoms with E-state index in [1.165, 1.54) is 6.08 Å². The van der Waals surface area contributed by atoms with Gasteiger partial charge in [0.1, 0.15) is 0 Å². The number of rotatable bonds is 6. The largest absolute Gasteiger partial charge is 0.340 e. The number of hydrogen-bond donors (Lipinski definition) is 0. The molecule has 0 rings (SSSR count). The summed E-state index contributed by atoms with van der Waals surface area (Å²) in [4.78, 5) is 27.2. The van der Waals surface area contributed by atoms with E-state index < -0.39 is 0 Å². The Labute approximate surface area is 107 Å². The molecule has 0 unspecified atom stereocenters. The Kier molecular flexibility index (Phi) is 7.53. The van der Waals surface area contributed by atoms with Crippen LogP contribution in [0.4, 0.5) is 0 Å². The molecule has 5 heteroatoms. The molecule has 0 radical (unpaired) electrons. The zero-order valence-corrected chi connectivity index (χ0v) is 13.6. The first kappa shape index (κ1) is 15.9. The van der Waals surface area contributed by atoms with Gasteiger partial charge in [-0.2, -0.15) is 0 Å². The van der Waals surface area contributed by atoms with E-state index in [0.717, 1.165) is 0 Å². The van der Waals surface area contributed by atoms with Gasteiger partial charge in [-0.25, -0.2) is 0 Å². The molecule has 0 heterocycles. The van der Waals surface area contributed by atoms with Gasteiger partial charge in [-0.15, -0.1) is 0 Å². The SMILES string of the molecule is CCN(CC)C(=O)C=C([SiH3])C(=O)N(CC)CC. The highest BCUT2D eigenvalue weighted by atomic mass is 28.1. The molecule has 0 atom stereocenters. The monoisotopic (exact) mass is 256 g/mol. The van der Waals surface area contributed by atoms with Gasteiger partial charge in [-0.05, 0) is 32.9 Å². The molecule has 0 aliphatic heterocycles. The van der Waals surface area contributed by atoms with Crippen molar-refractivity contribution in [1.29, 1.82) is 0 Å². The molecule has 0 saturated heterocycles. The van der Waals surface area contributed by atoms with Crippen molar-refractivity contribution in [3.05, 3.63) is 11.3 Å². The van der Waals surface area contributed by atoms with Crippen LogP contribution < -0.4 is 0 Å². The zero-order valence-electron chi connectivity index (χ0n) is 11.6. The first-order chi connectivity index (χ1) is 8.01. The average molecular weight is 256 g/mol. The van der Waals surface area contributed by atoms with Crippen molar-refractivity contribution >= 4 is 22.1 Å². The Morgan fingerprint density at radius 2 is 1.35 bits per heavy atom. The van der Waals surface area contributed by atoms with Crippen molar-refractivity contribution < 1.29 is 9.59 Å². The lowest BCUT2D eigenvalue weighted by Gasteiger charge is -2.20. The predicted octanol–water partition coefficient (Wildman–Crippen LogP) is -0.0275. The summed E-state index contributed by atoms with van der Waals surface area (Å²) in [5.41, 5.74) is 0. The molecule has 98 valence electrons. The van der Waals surface area contributed by atoms with E-state index in [2.05, 4.69) is 0 Å². The van der Waals surface area contributed by atoms with E-state index in [0.29, 0.717) is 41.6 Å². The second-order valence-electron chi connectivity index (χ2n) is 3.82. The molecule has 0 aliphatic carbocycles. The van der Waals surface area contributed by atoms with Gasteiger partial charge in [-0.3, -0.25) is 9.59 Å². The van der Waals surface area contributed by atoms with Gasteiger partial charge in [0.2, 0.25) is 11.8 Å². The Hall–Kier alpha value is -1.10. The topological polar surface area (TPSA) is 40.6 Å². The molecule has 0 bridgehead atoms. The van der Waals surface area contributed by atoms with Gasteiger partial charge in [0.25, 0.3) is 0 Å². The van der Waals surface area contributed by atoms with Crippen molar-refractivity contribution in [2.24, 2.45) is 0 Å². The minimum atomic E-state index is -0.0551. The highest BCUT2D eigenvalue weighted by Crippen LogP contribution is 2.00. The van der Waals surface area contributed by atoms with E-state index in [1.54, 1.807) is 9.80 Å². The number of amides is 2. The fourth-order valence-electron chi connectivity index (χ4n) is 1.63. The van der Waals surface area contributed by atoms with Gasteiger partial charge in [0.15, 0.2) is 0 Å². The normalized spacial score (nSPS) is 11.4. The molecule has 0 spiro atoms. The van der Waals surface area contributed by atoms with Crippen molar-refractivity contribution in [3.63, 3.8) is 0 Å². The van der Waals surface area contributed by atoms with E-state index in [4.69, 9.17) is 0 Å². The summed E-state index contributed by atoms with van der Waals surface area (Å²) in [6.07, 6.45) is 1.50. The molecule has 0 saturated carbocycles. The third-order valence-electron chi connectivity index (χ3n) is 2.80. The fraction of sp³-hybridized carbons (Fsp3) is 0.667. The Morgan fingerprint density at radius 1 is 0.941 bits per heavy atom. The van der Waals surface area contributed by atoms with Crippen LogP contribution in [0.15, 0.2) is 11.3 Å². The van der Waals surface area contributed by atoms with Gasteiger partial charge in [0.05, 0.1) is 0 Å². The van der Waals surface area contributed by atoms with E-state index in [1.807, 2.05) is 27.7 Å². The minimum absolute atomic E-state index is 0.00201. The maximum absolute atomic E-state index is 12.0. The summed E-state index contributed by atoms with van der Waals surface area (Å²) < 4.78 is 0. The van der Waals surface area contributed by atoms with Gasteiger partial charge < -0.3 is 9.80 Å². The lowest BCUT2D eigenvalue weighted by molar-refractivity contribution is -0.128. The highest BCUT2D eigenvalue weighted by molar-refractivity contribution is 6.37. The third-order valence-corrected chi connectivity index (χ3v) is 3.52. The summed E-state index contributed by atoms with van der Waals surface area (Å²) in [6, 6.07) is 0. The molecule has 2 amide bonds. The summed E-state index contributed by atoms with van der Waals surface area (Å²) in [6.45, 7) is 10.5. The molecule has 0 aromatic carbocycles. The van der Waals surface area contributed by atoms with Crippen molar-refractivity contribution in [2.75, 3.05) is 26.2 Å². The van der Waals surface area contributed by atoms with E-state index >= 15 is 0 Å². The van der Waals surface area contributed by atoms with Gasteiger partial charge in [0, 0.05) is 42.5 Å². The van der Waals surface area contributed by atoms with Crippen LogP contribution in [-0.2, 0) is 9.59 Å². The van der Waals surface area contributed by atoms with Crippen LogP contribution in [0.5, 0.6) is 0 Å². The van der Waals surface area contributed by atoms with Crippen LogP contribution in [0.25, 0.3) is 0 Å². The summed E-state index contributed by atoms with van der Waals surface area (Å²) >= 11 is 0. The van der Waals surface area contributed by atoms with Crippen molar-refractivity contribution in [3.8, 4) is 0 Å². The quantitative estimate of drug-likeness (QED) is 0.495. The summed E-state index contributed by atoms with van der Waals surface area (Å²) in [7, 11) is 0.601. The van der Waals surface area contributed by atoms with Crippen LogP contribution in [0.1, 0.15) is 27.7 Å². The first-order valence-electron chi connectivity index (χ1n) is 6.28. The van der Waals surface area contributed by atoms with Crippen molar-refractivity contribution in [2.45, 2.75) is 27.7 Å². The summed E-state index contributed by atoms with van der Waals surface area (Å²) in [5.74, 6) is -0.0531. The van der Waals surface area contributed by atoms with Crippen LogP contribution in [0, 0.1) is 0 Å². The molecular weight excluding hydrogens is 232 g/mol. The second kappa shape index (κ2) is 8.06. The standard InChI is InChI=1S/C12H24N2O2Si/c1-5-13(6-2)11(15)9-10(17)12(16)14(7-3)8-4/h9H,5-8H2,1-4,17H3. The lowest BCUT2D eigenvalue weighted by Crippen LogP contribution is -2.34. The van der Waals surface area contributed by atoms with Crippen LogP contribution >= 0.6 is 0 Å². The lowest BCUT2D eigenvalue weighted by atomic mass is 10.3. The number of nitrogens with zero attached hydrogens (tertiary/aromatic N) is 2. The van der Waals surface area contributed by atoms with E-state index in [-0.39, 0.29) is 11.8 Å². The highest BCUT2D eigenvalue weighted by Gasteiger charge is 2.14. The zero-order chi connectivity index (χ0) is 13.4. The molecular formula is C12H24N2O2Si. The Bertz CT molecular complexity index is 295. The number of hydrogen-bond acceptors (Lipinski definition) is 2. The maximum Gasteiger partial charge on any atom is 0.246 e. The number of carbonyl (C=O) groups excluding carboxylic acids is 2. The van der Waals surface area contributed by atoms with Crippen LogP contribution in [0.2, 0.25) is 0 Å². The molecule has 4 nitrogen and oxygen atoms in total. The molecule has 0 aliphatic rings. The second-order valence-corrected chi connectivity index (χ2v) is 4.89. The molecule has 0 N–H and O–H groups in total. The summed E-state index contributed by atoms with van der Waals surface area (Å²) in [5, 5.41) is 0.644. The van der Waals surface area contributed by atoms with Gasteiger partial charge in [-0.1, -0.05) is 0 Å². The first-order valence-corrected chi connectivity index (χ1v) is 7.28. The van der Waals surface area contributed by atoms with Crippen LogP contribution in [0.3, 0.4) is 0 Å². The molecule has 0 aromatic heterocycles. The minimum Gasteiger partial charge on any atom is -0.340 e.